The quantitative estimate of drug-likeness (QED) is 0.807. The summed E-state index contributed by atoms with van der Waals surface area (Å²) in [6.07, 6.45) is 2.60. The number of nitrogens with zero attached hydrogens (tertiary/aromatic N) is 2. The van der Waals surface area contributed by atoms with Gasteiger partial charge < -0.3 is 0 Å². The second kappa shape index (κ2) is 5.69. The summed E-state index contributed by atoms with van der Waals surface area (Å²) in [5.74, 6) is 0. The van der Waals surface area contributed by atoms with E-state index in [-0.39, 0.29) is 0 Å². The van der Waals surface area contributed by atoms with Gasteiger partial charge in [0.05, 0.1) is 9.92 Å². The van der Waals surface area contributed by atoms with Crippen molar-refractivity contribution in [3.05, 3.63) is 27.7 Å². The summed E-state index contributed by atoms with van der Waals surface area (Å²) < 4.78 is 15.6. The van der Waals surface area contributed by atoms with Gasteiger partial charge in [0.25, 0.3) is 0 Å². The molecule has 6 heteroatoms. The second-order valence-corrected chi connectivity index (χ2v) is 8.51. The van der Waals surface area contributed by atoms with E-state index in [4.69, 9.17) is 11.6 Å². The third-order valence-electron chi connectivity index (χ3n) is 4.29. The van der Waals surface area contributed by atoms with E-state index in [1.54, 1.807) is 6.07 Å². The summed E-state index contributed by atoms with van der Waals surface area (Å²) in [4.78, 5) is 3.24. The Kier molecular flexibility index (Phi) is 4.26. The van der Waals surface area contributed by atoms with E-state index in [2.05, 4.69) is 27.8 Å². The van der Waals surface area contributed by atoms with Crippen molar-refractivity contribution in [3.8, 4) is 0 Å². The number of rotatable bonds is 3. The molecule has 0 amide bonds. The summed E-state index contributed by atoms with van der Waals surface area (Å²) in [5.41, 5.74) is 0.419. The fourth-order valence-electron chi connectivity index (χ4n) is 2.65. The average Bonchev–Trinajstić information content (AvgIpc) is 3.18. The van der Waals surface area contributed by atoms with Crippen LogP contribution in [0.5, 0.6) is 0 Å². The van der Waals surface area contributed by atoms with Crippen LogP contribution in [0.15, 0.2) is 27.6 Å². The Morgan fingerprint density at radius 2 is 1.90 bits per heavy atom. The van der Waals surface area contributed by atoms with Gasteiger partial charge in [-0.05, 0) is 38.0 Å². The van der Waals surface area contributed by atoms with Gasteiger partial charge in [-0.15, -0.1) is 0 Å². The van der Waals surface area contributed by atoms with Crippen LogP contribution in [0, 0.1) is 0 Å². The summed E-state index contributed by atoms with van der Waals surface area (Å²) in [6, 6.07) is 5.54. The summed E-state index contributed by atoms with van der Waals surface area (Å²) in [7, 11) is -1.16. The highest BCUT2D eigenvalue weighted by Gasteiger charge is 2.44. The van der Waals surface area contributed by atoms with Crippen molar-refractivity contribution in [2.45, 2.75) is 30.2 Å². The summed E-state index contributed by atoms with van der Waals surface area (Å²) in [6.45, 7) is 6.00. The standard InChI is InChI=1S/C14H18BrClN2OS/c1-14(4-5-14)17-6-8-18(9-7-17)20(19)13-3-2-11(15)10-12(13)16/h2-3,10H,4-9H2,1H3. The highest BCUT2D eigenvalue weighted by molar-refractivity contribution is 9.10. The minimum absolute atomic E-state index is 0.419. The number of hydrogen-bond acceptors (Lipinski definition) is 2. The lowest BCUT2D eigenvalue weighted by atomic mass is 10.2. The molecule has 2 aliphatic rings. The van der Waals surface area contributed by atoms with Crippen LogP contribution in [0.25, 0.3) is 0 Å². The van der Waals surface area contributed by atoms with E-state index >= 15 is 0 Å². The zero-order valence-corrected chi connectivity index (χ0v) is 14.6. The largest absolute Gasteiger partial charge is 0.295 e. The smallest absolute Gasteiger partial charge is 0.129 e. The molecule has 0 aromatic heterocycles. The molecular weight excluding hydrogens is 360 g/mol. The summed E-state index contributed by atoms with van der Waals surface area (Å²) in [5, 5.41) is 0.564. The lowest BCUT2D eigenvalue weighted by molar-refractivity contribution is 0.134. The van der Waals surface area contributed by atoms with Crippen molar-refractivity contribution in [1.29, 1.82) is 0 Å². The first-order valence-corrected chi connectivity index (χ1v) is 9.14. The van der Waals surface area contributed by atoms with Crippen LogP contribution in [-0.4, -0.2) is 45.1 Å². The molecule has 1 aromatic carbocycles. The van der Waals surface area contributed by atoms with Crippen LogP contribution in [0.1, 0.15) is 19.8 Å². The summed E-state index contributed by atoms with van der Waals surface area (Å²) >= 11 is 9.57. The molecule has 0 N–H and O–H groups in total. The lowest BCUT2D eigenvalue weighted by Crippen LogP contribution is -2.50. The van der Waals surface area contributed by atoms with Gasteiger partial charge in [-0.2, -0.15) is 0 Å². The normalized spacial score (nSPS) is 24.6. The predicted molar refractivity (Wildman–Crippen MR) is 86.3 cm³/mol. The van der Waals surface area contributed by atoms with Crippen molar-refractivity contribution >= 4 is 38.5 Å². The Hall–Kier alpha value is 0.0600. The number of benzene rings is 1. The predicted octanol–water partition coefficient (Wildman–Crippen LogP) is 3.30. The molecule has 1 heterocycles. The highest BCUT2D eigenvalue weighted by atomic mass is 79.9. The van der Waals surface area contributed by atoms with Crippen molar-refractivity contribution in [2.24, 2.45) is 0 Å². The van der Waals surface area contributed by atoms with Crippen LogP contribution >= 0.6 is 27.5 Å². The van der Waals surface area contributed by atoms with Gasteiger partial charge in [-0.1, -0.05) is 27.5 Å². The number of hydrogen-bond donors (Lipinski definition) is 0. The van der Waals surface area contributed by atoms with Gasteiger partial charge in [0.1, 0.15) is 11.0 Å². The molecule has 1 atom stereocenters. The van der Waals surface area contributed by atoms with Crippen LogP contribution < -0.4 is 0 Å². The van der Waals surface area contributed by atoms with Crippen LogP contribution in [-0.2, 0) is 11.0 Å². The Morgan fingerprint density at radius 1 is 1.25 bits per heavy atom. The first kappa shape index (κ1) is 15.0. The highest BCUT2D eigenvalue weighted by Crippen LogP contribution is 2.41. The zero-order valence-electron chi connectivity index (χ0n) is 11.4. The Bertz CT molecular complexity index is 542. The van der Waals surface area contributed by atoms with Gasteiger partial charge in [0.15, 0.2) is 0 Å². The molecule has 3 nitrogen and oxygen atoms in total. The first-order valence-electron chi connectivity index (χ1n) is 6.86. The van der Waals surface area contributed by atoms with Gasteiger partial charge in [-0.3, -0.25) is 4.90 Å². The van der Waals surface area contributed by atoms with Gasteiger partial charge in [-0.25, -0.2) is 8.51 Å². The number of piperazine rings is 1. The van der Waals surface area contributed by atoms with E-state index in [1.165, 1.54) is 12.8 Å². The van der Waals surface area contributed by atoms with Gasteiger partial charge in [0, 0.05) is 36.2 Å². The molecule has 0 bridgehead atoms. The number of halogens is 2. The molecule has 1 aliphatic heterocycles. The fraction of sp³-hybridized carbons (Fsp3) is 0.571. The molecule has 3 rings (SSSR count). The van der Waals surface area contributed by atoms with E-state index in [9.17, 15) is 4.21 Å². The van der Waals surface area contributed by atoms with E-state index in [1.807, 2.05) is 16.4 Å². The van der Waals surface area contributed by atoms with Crippen molar-refractivity contribution < 1.29 is 4.21 Å². The monoisotopic (exact) mass is 376 g/mol. The third kappa shape index (κ3) is 2.97. The Balaban J connectivity index is 1.67. The maximum absolute atomic E-state index is 12.6. The van der Waals surface area contributed by atoms with E-state index < -0.39 is 11.0 Å². The molecule has 1 aromatic rings. The van der Waals surface area contributed by atoms with Gasteiger partial charge in [0.2, 0.25) is 0 Å². The zero-order chi connectivity index (χ0) is 14.3. The third-order valence-corrected chi connectivity index (χ3v) is 6.78. The Labute approximate surface area is 136 Å². The molecule has 2 fully saturated rings. The van der Waals surface area contributed by atoms with E-state index in [0.29, 0.717) is 15.5 Å². The van der Waals surface area contributed by atoms with Crippen LogP contribution in [0.3, 0.4) is 0 Å². The first-order chi connectivity index (χ1) is 9.49. The SMILES string of the molecule is CC1(N2CCN(S(=O)c3ccc(Br)cc3Cl)CC2)CC1. The Morgan fingerprint density at radius 3 is 2.45 bits per heavy atom. The second-order valence-electron chi connectivity index (χ2n) is 5.74. The van der Waals surface area contributed by atoms with E-state index in [0.717, 1.165) is 30.7 Å². The average molecular weight is 378 g/mol. The molecule has 0 spiro atoms. The van der Waals surface area contributed by atoms with Crippen molar-refractivity contribution in [1.82, 2.24) is 9.21 Å². The lowest BCUT2D eigenvalue weighted by Gasteiger charge is -2.37. The fourth-order valence-corrected chi connectivity index (χ4v) is 4.70. The molecule has 110 valence electrons. The van der Waals surface area contributed by atoms with Crippen molar-refractivity contribution in [2.75, 3.05) is 26.2 Å². The maximum atomic E-state index is 12.6. The molecule has 20 heavy (non-hydrogen) atoms. The maximum Gasteiger partial charge on any atom is 0.129 e. The van der Waals surface area contributed by atoms with Gasteiger partial charge >= 0.3 is 0 Å². The molecule has 1 aliphatic carbocycles. The topological polar surface area (TPSA) is 23.6 Å². The molecule has 1 unspecified atom stereocenters. The minimum atomic E-state index is -1.16. The van der Waals surface area contributed by atoms with Crippen LogP contribution in [0.4, 0.5) is 0 Å². The van der Waals surface area contributed by atoms with Crippen LogP contribution in [0.2, 0.25) is 5.02 Å². The molecular formula is C14H18BrClN2OS. The van der Waals surface area contributed by atoms with Crippen molar-refractivity contribution in [3.63, 3.8) is 0 Å². The molecule has 0 radical (unpaired) electrons. The molecule has 1 saturated heterocycles. The molecule has 1 saturated carbocycles. The minimum Gasteiger partial charge on any atom is -0.295 e.